The van der Waals surface area contributed by atoms with Crippen LogP contribution in [0.2, 0.25) is 5.02 Å². The van der Waals surface area contributed by atoms with Gasteiger partial charge in [-0.25, -0.2) is 0 Å². The van der Waals surface area contributed by atoms with Gasteiger partial charge < -0.3 is 0 Å². The third-order valence-corrected chi connectivity index (χ3v) is 3.00. The lowest BCUT2D eigenvalue weighted by Gasteiger charge is -2.10. The molecule has 0 saturated heterocycles. The Morgan fingerprint density at radius 2 is 1.70 bits per heavy atom. The van der Waals surface area contributed by atoms with Crippen molar-refractivity contribution in [1.82, 2.24) is 0 Å². The lowest BCUT2D eigenvalue weighted by atomic mass is 10.0. The smallest absolute Gasteiger partial charge is 0.258 e. The van der Waals surface area contributed by atoms with Crippen molar-refractivity contribution in [1.29, 1.82) is 0 Å². The molecule has 0 aliphatic carbocycles. The van der Waals surface area contributed by atoms with Gasteiger partial charge in [0.15, 0.2) is 0 Å². The molecule has 2 aromatic carbocycles. The monoisotopic (exact) mass is 301 g/mol. The van der Waals surface area contributed by atoms with Crippen LogP contribution in [-0.2, 0) is 6.18 Å². The van der Waals surface area contributed by atoms with E-state index in [1.807, 2.05) is 0 Å². The van der Waals surface area contributed by atoms with Crippen molar-refractivity contribution < 1.29 is 18.1 Å². The maximum atomic E-state index is 12.5. The van der Waals surface area contributed by atoms with Gasteiger partial charge in [0.25, 0.3) is 5.69 Å². The molecule has 0 atom stereocenters. The Morgan fingerprint density at radius 3 is 2.25 bits per heavy atom. The van der Waals surface area contributed by atoms with E-state index in [9.17, 15) is 23.3 Å². The van der Waals surface area contributed by atoms with Crippen LogP contribution in [0.1, 0.15) is 5.56 Å². The van der Waals surface area contributed by atoms with Crippen molar-refractivity contribution in [2.24, 2.45) is 0 Å². The van der Waals surface area contributed by atoms with Crippen molar-refractivity contribution in [3.63, 3.8) is 0 Å². The van der Waals surface area contributed by atoms with E-state index in [1.165, 1.54) is 18.2 Å². The molecular formula is C13H7ClF3NO2. The summed E-state index contributed by atoms with van der Waals surface area (Å²) in [6.45, 7) is 0. The second-order valence-electron chi connectivity index (χ2n) is 3.97. The van der Waals surface area contributed by atoms with Crippen LogP contribution in [0, 0.1) is 10.1 Å². The minimum Gasteiger partial charge on any atom is -0.258 e. The van der Waals surface area contributed by atoms with Gasteiger partial charge in [0, 0.05) is 16.7 Å². The highest BCUT2D eigenvalue weighted by Gasteiger charge is 2.31. The molecular weight excluding hydrogens is 295 g/mol. The molecule has 0 radical (unpaired) electrons. The van der Waals surface area contributed by atoms with Gasteiger partial charge in [-0.1, -0.05) is 29.8 Å². The standard InChI is InChI=1S/C13H7ClF3NO2/c14-11-7-8(13(15,16)17)5-6-9(11)10-3-1-2-4-12(10)18(19)20/h1-7H. The van der Waals surface area contributed by atoms with E-state index >= 15 is 0 Å². The van der Waals surface area contributed by atoms with Crippen LogP contribution in [0.25, 0.3) is 11.1 Å². The second kappa shape index (κ2) is 5.13. The summed E-state index contributed by atoms with van der Waals surface area (Å²) in [4.78, 5) is 10.3. The molecule has 0 N–H and O–H groups in total. The number of para-hydroxylation sites is 1. The summed E-state index contributed by atoms with van der Waals surface area (Å²) in [5.74, 6) is 0. The minimum absolute atomic E-state index is 0.177. The Bertz CT molecular complexity index is 671. The Labute approximate surface area is 116 Å². The highest BCUT2D eigenvalue weighted by Crippen LogP contribution is 2.38. The predicted molar refractivity (Wildman–Crippen MR) is 68.5 cm³/mol. The van der Waals surface area contributed by atoms with Gasteiger partial charge in [0.2, 0.25) is 0 Å². The van der Waals surface area contributed by atoms with Crippen LogP contribution in [-0.4, -0.2) is 4.92 Å². The zero-order valence-electron chi connectivity index (χ0n) is 9.82. The molecule has 0 aliphatic rings. The molecule has 104 valence electrons. The van der Waals surface area contributed by atoms with Gasteiger partial charge >= 0.3 is 6.18 Å². The van der Waals surface area contributed by atoms with Gasteiger partial charge in [-0.05, 0) is 18.2 Å². The number of hydrogen-bond acceptors (Lipinski definition) is 2. The van der Waals surface area contributed by atoms with Gasteiger partial charge in [0.05, 0.1) is 16.1 Å². The van der Waals surface area contributed by atoms with E-state index in [-0.39, 0.29) is 21.8 Å². The predicted octanol–water partition coefficient (Wildman–Crippen LogP) is 4.93. The summed E-state index contributed by atoms with van der Waals surface area (Å²) in [7, 11) is 0. The maximum Gasteiger partial charge on any atom is 0.416 e. The average Bonchev–Trinajstić information content (AvgIpc) is 2.37. The molecule has 0 spiro atoms. The lowest BCUT2D eigenvalue weighted by molar-refractivity contribution is -0.384. The van der Waals surface area contributed by atoms with E-state index in [0.717, 1.165) is 18.2 Å². The highest BCUT2D eigenvalue weighted by atomic mass is 35.5. The first-order valence-corrected chi connectivity index (χ1v) is 5.79. The zero-order valence-corrected chi connectivity index (χ0v) is 10.6. The summed E-state index contributed by atoms with van der Waals surface area (Å²) >= 11 is 5.82. The quantitative estimate of drug-likeness (QED) is 0.583. The second-order valence-corrected chi connectivity index (χ2v) is 4.37. The van der Waals surface area contributed by atoms with Gasteiger partial charge in [0.1, 0.15) is 0 Å². The molecule has 0 unspecified atom stereocenters. The van der Waals surface area contributed by atoms with Gasteiger partial charge in [-0.3, -0.25) is 10.1 Å². The van der Waals surface area contributed by atoms with E-state index in [2.05, 4.69) is 0 Å². The SMILES string of the molecule is O=[N+]([O-])c1ccccc1-c1ccc(C(F)(F)F)cc1Cl. The first-order valence-electron chi connectivity index (χ1n) is 5.41. The molecule has 3 nitrogen and oxygen atoms in total. The number of hydrogen-bond donors (Lipinski definition) is 0. The van der Waals surface area contributed by atoms with Crippen LogP contribution in [0.4, 0.5) is 18.9 Å². The van der Waals surface area contributed by atoms with Gasteiger partial charge in [-0.15, -0.1) is 0 Å². The Morgan fingerprint density at radius 1 is 1.05 bits per heavy atom. The molecule has 0 aliphatic heterocycles. The Kier molecular flexibility index (Phi) is 3.67. The molecule has 2 rings (SSSR count). The van der Waals surface area contributed by atoms with Crippen molar-refractivity contribution in [3.8, 4) is 11.1 Å². The van der Waals surface area contributed by atoms with Crippen LogP contribution in [0.15, 0.2) is 42.5 Å². The molecule has 2 aromatic rings. The number of nitro benzene ring substituents is 1. The number of nitrogens with zero attached hydrogens (tertiary/aromatic N) is 1. The van der Waals surface area contributed by atoms with Crippen LogP contribution in [0.5, 0.6) is 0 Å². The summed E-state index contributed by atoms with van der Waals surface area (Å²) < 4.78 is 37.6. The zero-order chi connectivity index (χ0) is 14.9. The van der Waals surface area contributed by atoms with Crippen LogP contribution >= 0.6 is 11.6 Å². The molecule has 0 heterocycles. The average molecular weight is 302 g/mol. The fourth-order valence-electron chi connectivity index (χ4n) is 1.77. The molecule has 0 amide bonds. The number of benzene rings is 2. The summed E-state index contributed by atoms with van der Waals surface area (Å²) in [6.07, 6.45) is -4.51. The third kappa shape index (κ3) is 2.75. The Balaban J connectivity index is 2.58. The minimum atomic E-state index is -4.51. The van der Waals surface area contributed by atoms with Crippen molar-refractivity contribution >= 4 is 17.3 Å². The summed E-state index contributed by atoms with van der Waals surface area (Å²) in [5.41, 5.74) is -0.748. The maximum absolute atomic E-state index is 12.5. The summed E-state index contributed by atoms with van der Waals surface area (Å²) in [5, 5.41) is 10.7. The molecule has 0 fully saturated rings. The number of nitro groups is 1. The lowest BCUT2D eigenvalue weighted by Crippen LogP contribution is -2.04. The first kappa shape index (κ1) is 14.3. The van der Waals surface area contributed by atoms with Crippen LogP contribution in [0.3, 0.4) is 0 Å². The fourth-order valence-corrected chi connectivity index (χ4v) is 2.05. The van der Waals surface area contributed by atoms with Crippen LogP contribution < -0.4 is 0 Å². The van der Waals surface area contributed by atoms with E-state index in [4.69, 9.17) is 11.6 Å². The normalized spacial score (nSPS) is 11.4. The van der Waals surface area contributed by atoms with Crippen molar-refractivity contribution in [3.05, 3.63) is 63.2 Å². The molecule has 0 saturated carbocycles. The molecule has 20 heavy (non-hydrogen) atoms. The van der Waals surface area contributed by atoms with E-state index in [0.29, 0.717) is 0 Å². The number of halogens is 4. The Hall–Kier alpha value is -2.08. The van der Waals surface area contributed by atoms with Crippen molar-refractivity contribution in [2.75, 3.05) is 0 Å². The molecule has 0 aromatic heterocycles. The van der Waals surface area contributed by atoms with Gasteiger partial charge in [-0.2, -0.15) is 13.2 Å². The molecule has 7 heteroatoms. The highest BCUT2D eigenvalue weighted by molar-refractivity contribution is 6.33. The molecule has 0 bridgehead atoms. The summed E-state index contributed by atoms with van der Waals surface area (Å²) in [6, 6.07) is 8.46. The van der Waals surface area contributed by atoms with E-state index in [1.54, 1.807) is 6.07 Å². The largest absolute Gasteiger partial charge is 0.416 e. The third-order valence-electron chi connectivity index (χ3n) is 2.69. The number of rotatable bonds is 2. The first-order chi connectivity index (χ1) is 9.30. The van der Waals surface area contributed by atoms with Crippen molar-refractivity contribution in [2.45, 2.75) is 6.18 Å². The fraction of sp³-hybridized carbons (Fsp3) is 0.0769. The topological polar surface area (TPSA) is 43.1 Å². The van der Waals surface area contributed by atoms with E-state index < -0.39 is 16.7 Å². The number of alkyl halides is 3.